The third kappa shape index (κ3) is 3.38. The highest BCUT2D eigenvalue weighted by Gasteiger charge is 2.23. The maximum atomic E-state index is 4.80. The molecule has 104 valence electrons. The summed E-state index contributed by atoms with van der Waals surface area (Å²) in [7, 11) is 0. The first-order valence-electron chi connectivity index (χ1n) is 7.01. The van der Waals surface area contributed by atoms with Crippen LogP contribution in [0.5, 0.6) is 0 Å². The molecule has 1 heterocycles. The van der Waals surface area contributed by atoms with Crippen LogP contribution in [0.25, 0.3) is 10.9 Å². The Bertz CT molecular complexity index is 555. The van der Waals surface area contributed by atoms with Crippen molar-refractivity contribution in [1.82, 2.24) is 9.78 Å². The normalized spacial score (nSPS) is 13.9. The number of aromatic nitrogens is 2. The molecule has 0 spiro atoms. The number of nitrogens with zero attached hydrogens (tertiary/aromatic N) is 2. The lowest BCUT2D eigenvalue weighted by atomic mass is 9.83. The number of rotatable bonds is 5. The molecule has 1 aromatic heterocycles. The molecule has 1 unspecified atom stereocenters. The van der Waals surface area contributed by atoms with Gasteiger partial charge in [0.25, 0.3) is 0 Å². The second-order valence-corrected chi connectivity index (χ2v) is 7.67. The Kier molecular flexibility index (Phi) is 4.34. The highest BCUT2D eigenvalue weighted by atomic mass is 79.9. The van der Waals surface area contributed by atoms with Crippen LogP contribution < -0.4 is 0 Å². The van der Waals surface area contributed by atoms with Crippen LogP contribution in [0.1, 0.15) is 39.8 Å². The fourth-order valence-corrected chi connectivity index (χ4v) is 3.73. The van der Waals surface area contributed by atoms with Crippen LogP contribution >= 0.6 is 15.9 Å². The molecule has 0 aliphatic rings. The van der Waals surface area contributed by atoms with Gasteiger partial charge in [0.15, 0.2) is 0 Å². The maximum absolute atomic E-state index is 4.80. The van der Waals surface area contributed by atoms with Gasteiger partial charge >= 0.3 is 0 Å². The second-order valence-electron chi connectivity index (χ2n) is 6.11. The molecule has 0 bridgehead atoms. The van der Waals surface area contributed by atoms with Crippen molar-refractivity contribution in [3.8, 4) is 0 Å². The summed E-state index contributed by atoms with van der Waals surface area (Å²) in [5, 5.41) is 6.11. The van der Waals surface area contributed by atoms with Crippen molar-refractivity contribution in [2.24, 2.45) is 5.41 Å². The summed E-state index contributed by atoms with van der Waals surface area (Å²) >= 11 is 3.67. The number of hydrogen-bond acceptors (Lipinski definition) is 1. The molecule has 1 aromatic carbocycles. The summed E-state index contributed by atoms with van der Waals surface area (Å²) in [4.78, 5) is 0.544. The summed E-state index contributed by atoms with van der Waals surface area (Å²) in [5.41, 5.74) is 2.75. The predicted octanol–water partition coefficient (Wildman–Crippen LogP) is 4.80. The highest BCUT2D eigenvalue weighted by molar-refractivity contribution is 9.09. The van der Waals surface area contributed by atoms with Crippen LogP contribution in [0.4, 0.5) is 0 Å². The number of halogens is 1. The molecule has 0 saturated heterocycles. The van der Waals surface area contributed by atoms with Gasteiger partial charge in [0, 0.05) is 16.8 Å². The molecule has 1 atom stereocenters. The lowest BCUT2D eigenvalue weighted by Gasteiger charge is -2.25. The third-order valence-electron chi connectivity index (χ3n) is 3.51. The SMILES string of the molecule is CCn1nc(CC(C)(C)CC(C)Br)c2ccccc21. The zero-order valence-electron chi connectivity index (χ0n) is 12.3. The van der Waals surface area contributed by atoms with Gasteiger partial charge in [-0.05, 0) is 31.2 Å². The van der Waals surface area contributed by atoms with Crippen molar-refractivity contribution in [2.75, 3.05) is 0 Å². The molecule has 0 saturated carbocycles. The summed E-state index contributed by atoms with van der Waals surface area (Å²) in [6, 6.07) is 8.55. The van der Waals surface area contributed by atoms with Crippen LogP contribution in [-0.2, 0) is 13.0 Å². The largest absolute Gasteiger partial charge is 0.265 e. The molecule has 0 radical (unpaired) electrons. The topological polar surface area (TPSA) is 17.8 Å². The zero-order valence-corrected chi connectivity index (χ0v) is 13.9. The Balaban J connectivity index is 2.35. The van der Waals surface area contributed by atoms with Crippen molar-refractivity contribution in [2.45, 2.75) is 51.9 Å². The molecule has 19 heavy (non-hydrogen) atoms. The van der Waals surface area contributed by atoms with Gasteiger partial charge in [-0.2, -0.15) is 5.10 Å². The number of aryl methyl sites for hydroxylation is 1. The van der Waals surface area contributed by atoms with E-state index in [0.717, 1.165) is 19.4 Å². The van der Waals surface area contributed by atoms with E-state index in [1.54, 1.807) is 0 Å². The monoisotopic (exact) mass is 322 g/mol. The first kappa shape index (κ1) is 14.6. The molecule has 3 heteroatoms. The Morgan fingerprint density at radius 3 is 2.63 bits per heavy atom. The van der Waals surface area contributed by atoms with Crippen LogP contribution in [0.2, 0.25) is 0 Å². The summed E-state index contributed by atoms with van der Waals surface area (Å²) in [6.07, 6.45) is 2.18. The Hall–Kier alpha value is -0.830. The maximum Gasteiger partial charge on any atom is 0.0708 e. The summed E-state index contributed by atoms with van der Waals surface area (Å²) in [6.45, 7) is 9.93. The van der Waals surface area contributed by atoms with E-state index in [-0.39, 0.29) is 5.41 Å². The number of benzene rings is 1. The summed E-state index contributed by atoms with van der Waals surface area (Å²) < 4.78 is 2.11. The van der Waals surface area contributed by atoms with Gasteiger partial charge in [-0.3, -0.25) is 4.68 Å². The van der Waals surface area contributed by atoms with E-state index >= 15 is 0 Å². The zero-order chi connectivity index (χ0) is 14.0. The van der Waals surface area contributed by atoms with Crippen LogP contribution in [0, 0.1) is 5.41 Å². The average molecular weight is 323 g/mol. The van der Waals surface area contributed by atoms with Crippen molar-refractivity contribution < 1.29 is 0 Å². The molecule has 0 amide bonds. The van der Waals surface area contributed by atoms with Crippen molar-refractivity contribution in [3.63, 3.8) is 0 Å². The van der Waals surface area contributed by atoms with Crippen LogP contribution in [0.3, 0.4) is 0 Å². The number of fused-ring (bicyclic) bond motifs is 1. The van der Waals surface area contributed by atoms with Crippen LogP contribution in [-0.4, -0.2) is 14.6 Å². The first-order valence-corrected chi connectivity index (χ1v) is 7.93. The van der Waals surface area contributed by atoms with Gasteiger partial charge in [0.05, 0.1) is 11.2 Å². The fourth-order valence-electron chi connectivity index (χ4n) is 2.85. The van der Waals surface area contributed by atoms with Crippen molar-refractivity contribution in [1.29, 1.82) is 0 Å². The molecule has 0 N–H and O–H groups in total. The predicted molar refractivity (Wildman–Crippen MR) is 85.9 cm³/mol. The van der Waals surface area contributed by atoms with E-state index < -0.39 is 0 Å². The molecule has 2 aromatic rings. The average Bonchev–Trinajstić information content (AvgIpc) is 2.65. The van der Waals surface area contributed by atoms with Crippen molar-refractivity contribution >= 4 is 26.8 Å². The van der Waals surface area contributed by atoms with Gasteiger partial charge in [0.2, 0.25) is 0 Å². The molecule has 2 rings (SSSR count). The minimum Gasteiger partial charge on any atom is -0.265 e. The van der Waals surface area contributed by atoms with Gasteiger partial charge in [-0.15, -0.1) is 0 Å². The standard InChI is InChI=1S/C16H23BrN2/c1-5-19-15-9-7-6-8-13(15)14(18-19)11-16(3,4)10-12(2)17/h6-9,12H,5,10-11H2,1-4H3. The van der Waals surface area contributed by atoms with Gasteiger partial charge in [-0.25, -0.2) is 0 Å². The quantitative estimate of drug-likeness (QED) is 0.723. The Labute approximate surface area is 124 Å². The van der Waals surface area contributed by atoms with E-state index in [0.29, 0.717) is 4.83 Å². The number of para-hydroxylation sites is 1. The van der Waals surface area contributed by atoms with E-state index in [9.17, 15) is 0 Å². The molecular weight excluding hydrogens is 300 g/mol. The minimum atomic E-state index is 0.263. The first-order chi connectivity index (χ1) is 8.93. The van der Waals surface area contributed by atoms with E-state index in [1.165, 1.54) is 16.6 Å². The highest BCUT2D eigenvalue weighted by Crippen LogP contribution is 2.32. The van der Waals surface area contributed by atoms with Crippen molar-refractivity contribution in [3.05, 3.63) is 30.0 Å². The fraction of sp³-hybridized carbons (Fsp3) is 0.562. The molecular formula is C16H23BrN2. The molecule has 0 aliphatic carbocycles. The molecule has 0 aliphatic heterocycles. The van der Waals surface area contributed by atoms with Gasteiger partial charge in [0.1, 0.15) is 0 Å². The Morgan fingerprint density at radius 2 is 2.00 bits per heavy atom. The molecule has 2 nitrogen and oxygen atoms in total. The van der Waals surface area contributed by atoms with E-state index in [1.807, 2.05) is 0 Å². The van der Waals surface area contributed by atoms with E-state index in [4.69, 9.17) is 5.10 Å². The number of hydrogen-bond donors (Lipinski definition) is 0. The van der Waals surface area contributed by atoms with Gasteiger partial charge in [-0.1, -0.05) is 54.9 Å². The smallest absolute Gasteiger partial charge is 0.0708 e. The minimum absolute atomic E-state index is 0.263. The van der Waals surface area contributed by atoms with Crippen LogP contribution in [0.15, 0.2) is 24.3 Å². The second kappa shape index (κ2) is 5.66. The lowest BCUT2D eigenvalue weighted by molar-refractivity contribution is 0.331. The summed E-state index contributed by atoms with van der Waals surface area (Å²) in [5.74, 6) is 0. The Morgan fingerprint density at radius 1 is 1.32 bits per heavy atom. The molecule has 0 fully saturated rings. The third-order valence-corrected chi connectivity index (χ3v) is 3.84. The lowest BCUT2D eigenvalue weighted by Crippen LogP contribution is -2.19. The van der Waals surface area contributed by atoms with E-state index in [2.05, 4.69) is 72.6 Å². The number of alkyl halides is 1. The van der Waals surface area contributed by atoms with Gasteiger partial charge < -0.3 is 0 Å².